The molecule has 0 saturated carbocycles. The number of aromatic nitrogens is 2. The monoisotopic (exact) mass is 372 g/mol. The average Bonchev–Trinajstić information content (AvgIpc) is 3.18. The van der Waals surface area contributed by atoms with Crippen LogP contribution in [-0.4, -0.2) is 41.8 Å². The van der Waals surface area contributed by atoms with Crippen LogP contribution in [0.25, 0.3) is 0 Å². The van der Waals surface area contributed by atoms with Gasteiger partial charge < -0.3 is 18.8 Å². The molecule has 0 spiro atoms. The van der Waals surface area contributed by atoms with Crippen LogP contribution < -0.4 is 0 Å². The highest BCUT2D eigenvalue weighted by Crippen LogP contribution is 2.31. The van der Waals surface area contributed by atoms with Gasteiger partial charge in [0, 0.05) is 30.9 Å². The highest BCUT2D eigenvalue weighted by Gasteiger charge is 2.41. The first kappa shape index (κ1) is 19.2. The van der Waals surface area contributed by atoms with E-state index in [-0.39, 0.29) is 18.5 Å². The topological polar surface area (TPSA) is 45.5 Å². The van der Waals surface area contributed by atoms with Crippen molar-refractivity contribution in [2.24, 2.45) is 0 Å². The summed E-state index contributed by atoms with van der Waals surface area (Å²) in [6.45, 7) is 1.69. The maximum atomic E-state index is 6.19. The number of ether oxygens (including phenoxy) is 3. The van der Waals surface area contributed by atoms with Gasteiger partial charge in [-0.3, -0.25) is 0 Å². The van der Waals surface area contributed by atoms with Gasteiger partial charge in [0.2, 0.25) is 0 Å². The molecular formula is C17H22Cl2N2O3. The second-order valence-electron chi connectivity index (χ2n) is 5.78. The number of hydrogen-bond acceptors (Lipinski definition) is 4. The zero-order valence-electron chi connectivity index (χ0n) is 13.6. The number of hydrogen-bond donors (Lipinski definition) is 0. The van der Waals surface area contributed by atoms with Crippen molar-refractivity contribution in [3.05, 3.63) is 53.6 Å². The lowest BCUT2D eigenvalue weighted by Gasteiger charge is -2.28. The summed E-state index contributed by atoms with van der Waals surface area (Å²) >= 11 is 5.94. The molecule has 3 rings (SSSR count). The predicted octanol–water partition coefficient (Wildman–Crippen LogP) is 3.35. The Balaban J connectivity index is 0.00000208. The van der Waals surface area contributed by atoms with Gasteiger partial charge in [0.05, 0.1) is 26.1 Å². The lowest BCUT2D eigenvalue weighted by Crippen LogP contribution is -2.37. The van der Waals surface area contributed by atoms with E-state index in [0.29, 0.717) is 19.8 Å². The average molecular weight is 373 g/mol. The molecule has 1 aliphatic heterocycles. The summed E-state index contributed by atoms with van der Waals surface area (Å²) in [4.78, 5) is 4.09. The molecule has 1 aromatic heterocycles. The van der Waals surface area contributed by atoms with Gasteiger partial charge in [0.15, 0.2) is 5.79 Å². The normalized spacial score (nSPS) is 23.2. The molecule has 1 aliphatic rings. The zero-order chi connectivity index (χ0) is 16.1. The van der Waals surface area contributed by atoms with E-state index in [9.17, 15) is 0 Å². The highest BCUT2D eigenvalue weighted by molar-refractivity contribution is 6.30. The first-order valence-corrected chi connectivity index (χ1v) is 8.08. The third-order valence-electron chi connectivity index (χ3n) is 3.96. The van der Waals surface area contributed by atoms with Crippen molar-refractivity contribution in [2.45, 2.75) is 31.3 Å². The van der Waals surface area contributed by atoms with E-state index >= 15 is 0 Å². The van der Waals surface area contributed by atoms with Crippen LogP contribution in [0.1, 0.15) is 12.0 Å². The fourth-order valence-electron chi connectivity index (χ4n) is 2.82. The summed E-state index contributed by atoms with van der Waals surface area (Å²) in [6.07, 6.45) is 7.03. The van der Waals surface area contributed by atoms with Crippen LogP contribution in [0.15, 0.2) is 43.0 Å². The molecule has 0 radical (unpaired) electrons. The Morgan fingerprint density at radius 3 is 2.83 bits per heavy atom. The van der Waals surface area contributed by atoms with Gasteiger partial charge in [-0.05, 0) is 24.1 Å². The third-order valence-corrected chi connectivity index (χ3v) is 4.21. The van der Waals surface area contributed by atoms with Gasteiger partial charge in [-0.25, -0.2) is 4.98 Å². The fraction of sp³-hybridized carbons (Fsp3) is 0.471. The Morgan fingerprint density at radius 1 is 1.38 bits per heavy atom. The van der Waals surface area contributed by atoms with Crippen molar-refractivity contribution in [1.82, 2.24) is 9.55 Å². The minimum absolute atomic E-state index is 0. The molecule has 0 N–H and O–H groups in total. The molecule has 7 heteroatoms. The number of imidazole rings is 1. The summed E-state index contributed by atoms with van der Waals surface area (Å²) in [5.41, 5.74) is 1.21. The number of halogens is 2. The van der Waals surface area contributed by atoms with Crippen molar-refractivity contribution in [3.8, 4) is 0 Å². The lowest BCUT2D eigenvalue weighted by atomic mass is 10.0. The zero-order valence-corrected chi connectivity index (χ0v) is 15.1. The van der Waals surface area contributed by atoms with Crippen LogP contribution >= 0.6 is 24.0 Å². The first-order chi connectivity index (χ1) is 11.2. The van der Waals surface area contributed by atoms with Gasteiger partial charge in [-0.1, -0.05) is 23.7 Å². The van der Waals surface area contributed by atoms with E-state index in [1.54, 1.807) is 19.6 Å². The molecule has 2 atom stereocenters. The van der Waals surface area contributed by atoms with E-state index < -0.39 is 5.79 Å². The second kappa shape index (κ2) is 8.83. The molecule has 24 heavy (non-hydrogen) atoms. The van der Waals surface area contributed by atoms with E-state index in [2.05, 4.69) is 4.98 Å². The highest BCUT2D eigenvalue weighted by atomic mass is 35.5. The maximum Gasteiger partial charge on any atom is 0.187 e. The summed E-state index contributed by atoms with van der Waals surface area (Å²) in [5.74, 6) is -0.649. The molecule has 0 aliphatic carbocycles. The van der Waals surface area contributed by atoms with Crippen molar-refractivity contribution in [2.75, 3.05) is 20.3 Å². The number of aryl methyl sites for hydroxylation is 1. The largest absolute Gasteiger partial charge is 0.382 e. The van der Waals surface area contributed by atoms with E-state index in [1.807, 2.05) is 35.0 Å². The van der Waals surface area contributed by atoms with E-state index in [0.717, 1.165) is 17.9 Å². The van der Waals surface area contributed by atoms with E-state index in [4.69, 9.17) is 25.8 Å². The van der Waals surface area contributed by atoms with Crippen LogP contribution in [0.4, 0.5) is 0 Å². The van der Waals surface area contributed by atoms with Crippen LogP contribution in [-0.2, 0) is 27.2 Å². The lowest BCUT2D eigenvalue weighted by molar-refractivity contribution is -0.185. The third kappa shape index (κ3) is 4.94. The van der Waals surface area contributed by atoms with Gasteiger partial charge in [-0.2, -0.15) is 0 Å². The number of nitrogens with zero attached hydrogens (tertiary/aromatic N) is 2. The van der Waals surface area contributed by atoms with Gasteiger partial charge in [-0.15, -0.1) is 12.4 Å². The molecule has 2 heterocycles. The van der Waals surface area contributed by atoms with Gasteiger partial charge in [0.25, 0.3) is 0 Å². The summed E-state index contributed by atoms with van der Waals surface area (Å²) in [6, 6.07) is 7.89. The Bertz CT molecular complexity index is 607. The van der Waals surface area contributed by atoms with E-state index in [1.165, 1.54) is 5.56 Å². The van der Waals surface area contributed by atoms with Crippen molar-refractivity contribution in [1.29, 1.82) is 0 Å². The van der Waals surface area contributed by atoms with Crippen molar-refractivity contribution < 1.29 is 14.2 Å². The maximum absolute atomic E-state index is 6.19. The van der Waals surface area contributed by atoms with Crippen LogP contribution in [0, 0.1) is 0 Å². The summed E-state index contributed by atoms with van der Waals surface area (Å²) in [5, 5.41) is 0.746. The molecule has 5 nitrogen and oxygen atoms in total. The molecule has 0 unspecified atom stereocenters. The smallest absolute Gasteiger partial charge is 0.187 e. The number of methoxy groups -OCH3 is 1. The molecule has 0 bridgehead atoms. The molecule has 1 saturated heterocycles. The molecule has 2 aromatic rings. The van der Waals surface area contributed by atoms with Crippen molar-refractivity contribution in [3.63, 3.8) is 0 Å². The summed E-state index contributed by atoms with van der Waals surface area (Å²) < 4.78 is 19.4. The quantitative estimate of drug-likeness (QED) is 0.747. The Labute approximate surface area is 153 Å². The van der Waals surface area contributed by atoms with Crippen LogP contribution in [0.5, 0.6) is 0 Å². The minimum Gasteiger partial charge on any atom is -0.382 e. The standard InChI is InChI=1S/C17H21ClN2O3.ClH/c1-21-10-16-11-22-17(23-16,12-20-9-8-19-13-20)7-6-14-2-4-15(18)5-3-14;/h2-5,8-9,13,16H,6-7,10-12H2,1H3;1H/t16-,17-;/m1./s1. The van der Waals surface area contributed by atoms with Crippen molar-refractivity contribution >= 4 is 24.0 Å². The predicted molar refractivity (Wildman–Crippen MR) is 94.7 cm³/mol. The fourth-order valence-corrected chi connectivity index (χ4v) is 2.95. The van der Waals surface area contributed by atoms with Gasteiger partial charge >= 0.3 is 0 Å². The van der Waals surface area contributed by atoms with Crippen LogP contribution in [0.2, 0.25) is 5.02 Å². The Kier molecular flexibility index (Phi) is 7.07. The second-order valence-corrected chi connectivity index (χ2v) is 6.21. The number of rotatable bonds is 7. The SMILES string of the molecule is COC[C@@H]1CO[C@@](CCc2ccc(Cl)cc2)(Cn2ccnc2)O1.Cl. The molecule has 1 fully saturated rings. The molecule has 0 amide bonds. The first-order valence-electron chi connectivity index (χ1n) is 7.70. The Morgan fingerprint density at radius 2 is 2.17 bits per heavy atom. The van der Waals surface area contributed by atoms with Gasteiger partial charge in [0.1, 0.15) is 6.10 Å². The summed E-state index contributed by atoms with van der Waals surface area (Å²) in [7, 11) is 1.67. The minimum atomic E-state index is -0.649. The molecule has 132 valence electrons. The Hall–Kier alpha value is -1.11. The molecular weight excluding hydrogens is 351 g/mol. The number of benzene rings is 1. The molecule has 1 aromatic carbocycles. The van der Waals surface area contributed by atoms with Crippen LogP contribution in [0.3, 0.4) is 0 Å².